The van der Waals surface area contributed by atoms with E-state index in [-0.39, 0.29) is 11.8 Å². The number of nitrogens with one attached hydrogen (secondary N) is 2. The molecule has 28 heavy (non-hydrogen) atoms. The molecule has 0 bridgehead atoms. The zero-order chi connectivity index (χ0) is 19.3. The van der Waals surface area contributed by atoms with Crippen LogP contribution in [-0.4, -0.2) is 33.7 Å². The lowest BCUT2D eigenvalue weighted by Gasteiger charge is -2.34. The number of carbonyl (C=O) groups is 1. The average molecular weight is 394 g/mol. The van der Waals surface area contributed by atoms with Gasteiger partial charge in [-0.15, -0.1) is 10.2 Å². The average Bonchev–Trinajstić information content (AvgIpc) is 3.45. The zero-order valence-corrected chi connectivity index (χ0v) is 16.2. The normalized spacial score (nSPS) is 23.3. The van der Waals surface area contributed by atoms with Gasteiger partial charge in [-0.05, 0) is 61.1 Å². The third kappa shape index (κ3) is 3.12. The molecule has 142 valence electrons. The second-order valence-electron chi connectivity index (χ2n) is 7.67. The molecule has 2 aromatic heterocycles. The van der Waals surface area contributed by atoms with E-state index >= 15 is 0 Å². The number of benzene rings is 1. The van der Waals surface area contributed by atoms with E-state index in [1.54, 1.807) is 6.20 Å². The maximum Gasteiger partial charge on any atom is 0.229 e. The quantitative estimate of drug-likeness (QED) is 0.661. The molecule has 1 aliphatic carbocycles. The predicted molar refractivity (Wildman–Crippen MR) is 109 cm³/mol. The molecule has 2 aliphatic rings. The molecular formula is C21H20ClN5O. The standard InChI is InChI=1S/C21H20ClN5O/c1-11-4-5-23-9-16(11)12-6-13-8-19(26-27-20(13)17(22)7-12)25-21(28)15-3-2-14(15)18-10-24-18/h4-9,14-15,18,24H,2-3,10H2,1H3,(H,25,26,28). The van der Waals surface area contributed by atoms with Crippen LogP contribution in [0.4, 0.5) is 5.82 Å². The molecule has 0 spiro atoms. The number of hydrogen-bond donors (Lipinski definition) is 2. The fourth-order valence-electron chi connectivity index (χ4n) is 4.02. The monoisotopic (exact) mass is 393 g/mol. The van der Waals surface area contributed by atoms with Crippen LogP contribution >= 0.6 is 11.6 Å². The maximum absolute atomic E-state index is 12.6. The van der Waals surface area contributed by atoms with E-state index in [9.17, 15) is 4.79 Å². The molecule has 2 fully saturated rings. The van der Waals surface area contributed by atoms with Crippen molar-refractivity contribution in [1.29, 1.82) is 0 Å². The summed E-state index contributed by atoms with van der Waals surface area (Å²) in [7, 11) is 0. The lowest BCUT2D eigenvalue weighted by atomic mass is 9.71. The van der Waals surface area contributed by atoms with Crippen LogP contribution in [0.2, 0.25) is 5.02 Å². The molecule has 3 unspecified atom stereocenters. The number of anilines is 1. The highest BCUT2D eigenvalue weighted by Crippen LogP contribution is 2.40. The Morgan fingerprint density at radius 1 is 1.25 bits per heavy atom. The Labute approximate surface area is 167 Å². The Morgan fingerprint density at radius 3 is 2.82 bits per heavy atom. The molecule has 1 saturated heterocycles. The fourth-order valence-corrected chi connectivity index (χ4v) is 4.29. The Kier molecular flexibility index (Phi) is 4.25. The SMILES string of the molecule is Cc1ccncc1-c1cc(Cl)c2nnc(NC(=O)C3CCC3C3CN3)cc2c1. The Hall–Kier alpha value is -2.57. The third-order valence-corrected chi connectivity index (χ3v) is 6.15. The first-order valence-electron chi connectivity index (χ1n) is 9.52. The molecule has 1 amide bonds. The van der Waals surface area contributed by atoms with Gasteiger partial charge in [-0.3, -0.25) is 9.78 Å². The maximum atomic E-state index is 12.6. The zero-order valence-electron chi connectivity index (χ0n) is 15.4. The number of rotatable bonds is 4. The van der Waals surface area contributed by atoms with Gasteiger partial charge in [0.15, 0.2) is 5.82 Å². The second kappa shape index (κ2) is 6.79. The van der Waals surface area contributed by atoms with E-state index in [1.165, 1.54) is 0 Å². The summed E-state index contributed by atoms with van der Waals surface area (Å²) in [5, 5.41) is 16.0. The summed E-state index contributed by atoms with van der Waals surface area (Å²) in [4.78, 5) is 16.8. The van der Waals surface area contributed by atoms with Crippen molar-refractivity contribution < 1.29 is 4.79 Å². The molecule has 1 aromatic carbocycles. The van der Waals surface area contributed by atoms with E-state index in [0.717, 1.165) is 41.5 Å². The summed E-state index contributed by atoms with van der Waals surface area (Å²) in [6.07, 6.45) is 5.65. The first-order valence-corrected chi connectivity index (χ1v) is 9.90. The second-order valence-corrected chi connectivity index (χ2v) is 8.07. The number of aryl methyl sites for hydroxylation is 1. The van der Waals surface area contributed by atoms with Crippen LogP contribution in [0.1, 0.15) is 18.4 Å². The van der Waals surface area contributed by atoms with Gasteiger partial charge in [0.05, 0.1) is 5.02 Å². The van der Waals surface area contributed by atoms with Gasteiger partial charge in [0.2, 0.25) is 5.91 Å². The third-order valence-electron chi connectivity index (χ3n) is 5.87. The largest absolute Gasteiger partial charge is 0.311 e. The highest BCUT2D eigenvalue weighted by atomic mass is 35.5. The van der Waals surface area contributed by atoms with Crippen molar-refractivity contribution in [2.75, 3.05) is 11.9 Å². The molecule has 3 atom stereocenters. The van der Waals surface area contributed by atoms with Crippen LogP contribution < -0.4 is 10.6 Å². The Bertz CT molecular complexity index is 1080. The predicted octanol–water partition coefficient (Wildman–Crippen LogP) is 3.59. The molecule has 1 saturated carbocycles. The van der Waals surface area contributed by atoms with Crippen molar-refractivity contribution in [3.8, 4) is 11.1 Å². The summed E-state index contributed by atoms with van der Waals surface area (Å²) in [5.41, 5.74) is 3.72. The minimum absolute atomic E-state index is 0.0314. The van der Waals surface area contributed by atoms with Gasteiger partial charge in [0.1, 0.15) is 5.52 Å². The minimum atomic E-state index is 0.0314. The summed E-state index contributed by atoms with van der Waals surface area (Å²) >= 11 is 6.45. The van der Waals surface area contributed by atoms with Crippen molar-refractivity contribution in [3.05, 3.63) is 47.2 Å². The van der Waals surface area contributed by atoms with Gasteiger partial charge in [-0.25, -0.2) is 0 Å². The van der Waals surface area contributed by atoms with Gasteiger partial charge in [0.25, 0.3) is 0 Å². The molecule has 6 nitrogen and oxygen atoms in total. The number of amides is 1. The summed E-state index contributed by atoms with van der Waals surface area (Å²) < 4.78 is 0. The van der Waals surface area contributed by atoms with Gasteiger partial charge in [0, 0.05) is 41.8 Å². The van der Waals surface area contributed by atoms with Crippen molar-refractivity contribution in [1.82, 2.24) is 20.5 Å². The van der Waals surface area contributed by atoms with Crippen molar-refractivity contribution in [3.63, 3.8) is 0 Å². The van der Waals surface area contributed by atoms with Gasteiger partial charge >= 0.3 is 0 Å². The topological polar surface area (TPSA) is 89.7 Å². The smallest absolute Gasteiger partial charge is 0.229 e. The van der Waals surface area contributed by atoms with E-state index in [1.807, 2.05) is 37.4 Å². The lowest BCUT2D eigenvalue weighted by Crippen LogP contribution is -2.40. The molecule has 2 N–H and O–H groups in total. The molecule has 1 aliphatic heterocycles. The van der Waals surface area contributed by atoms with Crippen LogP contribution in [0.15, 0.2) is 36.7 Å². The van der Waals surface area contributed by atoms with Crippen LogP contribution in [-0.2, 0) is 4.79 Å². The molecule has 3 aromatic rings. The van der Waals surface area contributed by atoms with E-state index in [2.05, 4.69) is 25.8 Å². The van der Waals surface area contributed by atoms with Gasteiger partial charge in [-0.2, -0.15) is 0 Å². The van der Waals surface area contributed by atoms with Crippen LogP contribution in [0.25, 0.3) is 22.0 Å². The number of nitrogens with zero attached hydrogens (tertiary/aromatic N) is 3. The molecule has 0 radical (unpaired) electrons. The number of halogens is 1. The molecular weight excluding hydrogens is 374 g/mol. The van der Waals surface area contributed by atoms with Gasteiger partial charge < -0.3 is 10.6 Å². The highest BCUT2D eigenvalue weighted by Gasteiger charge is 2.45. The van der Waals surface area contributed by atoms with Crippen molar-refractivity contribution in [2.24, 2.45) is 11.8 Å². The summed E-state index contributed by atoms with van der Waals surface area (Å²) in [6.45, 7) is 3.06. The number of hydrogen-bond acceptors (Lipinski definition) is 5. The van der Waals surface area contributed by atoms with E-state index < -0.39 is 0 Å². The first kappa shape index (κ1) is 17.5. The number of pyridine rings is 1. The fraction of sp³-hybridized carbons (Fsp3) is 0.333. The lowest BCUT2D eigenvalue weighted by molar-refractivity contribution is -0.124. The van der Waals surface area contributed by atoms with E-state index in [4.69, 9.17) is 11.6 Å². The van der Waals surface area contributed by atoms with Crippen molar-refractivity contribution >= 4 is 34.2 Å². The van der Waals surface area contributed by atoms with Crippen LogP contribution in [0.3, 0.4) is 0 Å². The number of carbonyl (C=O) groups excluding carboxylic acids is 1. The molecule has 5 rings (SSSR count). The summed E-state index contributed by atoms with van der Waals surface area (Å²) in [5.74, 6) is 1.00. The van der Waals surface area contributed by atoms with Crippen molar-refractivity contribution in [2.45, 2.75) is 25.8 Å². The van der Waals surface area contributed by atoms with E-state index in [0.29, 0.717) is 28.3 Å². The van der Waals surface area contributed by atoms with Gasteiger partial charge in [-0.1, -0.05) is 11.6 Å². The molecule has 3 heterocycles. The Balaban J connectivity index is 1.44. The summed E-state index contributed by atoms with van der Waals surface area (Å²) in [6, 6.07) is 8.20. The number of aromatic nitrogens is 3. The highest BCUT2D eigenvalue weighted by molar-refractivity contribution is 6.35. The minimum Gasteiger partial charge on any atom is -0.311 e. The van der Waals surface area contributed by atoms with Crippen LogP contribution in [0.5, 0.6) is 0 Å². The Morgan fingerprint density at radius 2 is 2.11 bits per heavy atom. The first-order chi connectivity index (χ1) is 13.6. The van der Waals surface area contributed by atoms with Crippen LogP contribution in [0, 0.1) is 18.8 Å². The molecule has 7 heteroatoms. The number of fused-ring (bicyclic) bond motifs is 1.